The van der Waals surface area contributed by atoms with E-state index in [1.54, 1.807) is 30.3 Å². The fourth-order valence-electron chi connectivity index (χ4n) is 2.26. The predicted octanol–water partition coefficient (Wildman–Crippen LogP) is 2.49. The van der Waals surface area contributed by atoms with E-state index in [9.17, 15) is 17.6 Å². The molecule has 26 heavy (non-hydrogen) atoms. The largest absolute Gasteiger partial charge is 0.326 e. The summed E-state index contributed by atoms with van der Waals surface area (Å²) in [7, 11) is -3.61. The standard InChI is InChI=1S/C18H18FN3O3S/c1-26(24,25)22(13-15-4-2-3-5-17(15)19)11-10-18(23)21-16-8-6-14(12-20)7-9-16/h2-9H,10-11,13H2,1H3,(H,21,23). The number of benzene rings is 2. The lowest BCUT2D eigenvalue weighted by atomic mass is 10.2. The summed E-state index contributed by atoms with van der Waals surface area (Å²) in [5.41, 5.74) is 1.22. The summed E-state index contributed by atoms with van der Waals surface area (Å²) in [6, 6.07) is 14.2. The molecule has 2 aromatic carbocycles. The number of hydrogen-bond donors (Lipinski definition) is 1. The molecule has 8 heteroatoms. The summed E-state index contributed by atoms with van der Waals surface area (Å²) in [4.78, 5) is 12.0. The first kappa shape index (κ1) is 19.6. The Balaban J connectivity index is 1.99. The van der Waals surface area contributed by atoms with Gasteiger partial charge in [-0.2, -0.15) is 9.57 Å². The Labute approximate surface area is 151 Å². The van der Waals surface area contributed by atoms with E-state index in [-0.39, 0.29) is 31.0 Å². The van der Waals surface area contributed by atoms with Crippen molar-refractivity contribution in [2.75, 3.05) is 18.1 Å². The molecule has 0 aliphatic heterocycles. The lowest BCUT2D eigenvalue weighted by Gasteiger charge is -2.20. The summed E-state index contributed by atoms with van der Waals surface area (Å²) < 4.78 is 38.7. The molecule has 0 spiro atoms. The quantitative estimate of drug-likeness (QED) is 0.805. The Hall–Kier alpha value is -2.76. The van der Waals surface area contributed by atoms with Crippen LogP contribution in [0.4, 0.5) is 10.1 Å². The second-order valence-corrected chi connectivity index (χ2v) is 7.66. The van der Waals surface area contributed by atoms with Crippen LogP contribution in [0.25, 0.3) is 0 Å². The molecule has 0 unspecified atom stereocenters. The molecule has 1 N–H and O–H groups in total. The molecule has 2 rings (SSSR count). The molecule has 0 atom stereocenters. The van der Waals surface area contributed by atoms with Crippen molar-refractivity contribution in [3.05, 3.63) is 65.5 Å². The summed E-state index contributed by atoms with van der Waals surface area (Å²) in [5, 5.41) is 11.4. The van der Waals surface area contributed by atoms with E-state index in [1.165, 1.54) is 18.2 Å². The van der Waals surface area contributed by atoms with Crippen molar-refractivity contribution >= 4 is 21.6 Å². The molecule has 0 saturated heterocycles. The van der Waals surface area contributed by atoms with Gasteiger partial charge in [0.2, 0.25) is 15.9 Å². The van der Waals surface area contributed by atoms with Crippen LogP contribution in [0, 0.1) is 17.1 Å². The molecule has 0 aliphatic rings. The molecule has 0 heterocycles. The van der Waals surface area contributed by atoms with Gasteiger partial charge in [0, 0.05) is 30.8 Å². The van der Waals surface area contributed by atoms with Crippen molar-refractivity contribution in [3.8, 4) is 6.07 Å². The van der Waals surface area contributed by atoms with Gasteiger partial charge < -0.3 is 5.32 Å². The monoisotopic (exact) mass is 375 g/mol. The Kier molecular flexibility index (Phi) is 6.44. The summed E-state index contributed by atoms with van der Waals surface area (Å²) in [6.07, 6.45) is 0.938. The lowest BCUT2D eigenvalue weighted by Crippen LogP contribution is -2.32. The lowest BCUT2D eigenvalue weighted by molar-refractivity contribution is -0.116. The summed E-state index contributed by atoms with van der Waals surface area (Å²) in [5.74, 6) is -0.875. The van der Waals surface area contributed by atoms with E-state index in [0.29, 0.717) is 11.3 Å². The first-order chi connectivity index (χ1) is 12.3. The number of rotatable bonds is 7. The first-order valence-electron chi connectivity index (χ1n) is 7.78. The van der Waals surface area contributed by atoms with Crippen LogP contribution in [0.5, 0.6) is 0 Å². The maximum absolute atomic E-state index is 13.8. The second-order valence-electron chi connectivity index (χ2n) is 5.68. The van der Waals surface area contributed by atoms with Gasteiger partial charge in [0.1, 0.15) is 5.82 Å². The average molecular weight is 375 g/mol. The number of sulfonamides is 1. The number of anilines is 1. The zero-order valence-electron chi connectivity index (χ0n) is 14.1. The summed E-state index contributed by atoms with van der Waals surface area (Å²) in [6.45, 7) is -0.217. The normalized spacial score (nSPS) is 11.2. The van der Waals surface area contributed by atoms with Crippen molar-refractivity contribution in [3.63, 3.8) is 0 Å². The Morgan fingerprint density at radius 2 is 1.85 bits per heavy atom. The zero-order chi connectivity index (χ0) is 19.2. The Bertz CT molecular complexity index is 921. The SMILES string of the molecule is CS(=O)(=O)N(CCC(=O)Nc1ccc(C#N)cc1)Cc1ccccc1F. The van der Waals surface area contributed by atoms with Crippen LogP contribution in [-0.4, -0.2) is 31.4 Å². The van der Waals surface area contributed by atoms with E-state index in [2.05, 4.69) is 5.32 Å². The van der Waals surface area contributed by atoms with Gasteiger partial charge in [0.15, 0.2) is 0 Å². The van der Waals surface area contributed by atoms with E-state index in [4.69, 9.17) is 5.26 Å². The molecule has 0 bridgehead atoms. The van der Waals surface area contributed by atoms with E-state index < -0.39 is 15.8 Å². The molecule has 2 aromatic rings. The third kappa shape index (κ3) is 5.65. The maximum Gasteiger partial charge on any atom is 0.225 e. The van der Waals surface area contributed by atoms with Crippen molar-refractivity contribution in [1.29, 1.82) is 5.26 Å². The predicted molar refractivity (Wildman–Crippen MR) is 96.1 cm³/mol. The number of nitrogens with zero attached hydrogens (tertiary/aromatic N) is 2. The molecular formula is C18H18FN3O3S. The minimum Gasteiger partial charge on any atom is -0.326 e. The van der Waals surface area contributed by atoms with Crippen LogP contribution in [0.3, 0.4) is 0 Å². The zero-order valence-corrected chi connectivity index (χ0v) is 15.0. The Morgan fingerprint density at radius 1 is 1.19 bits per heavy atom. The van der Waals surface area contributed by atoms with Crippen LogP contribution in [-0.2, 0) is 21.4 Å². The van der Waals surface area contributed by atoms with E-state index in [0.717, 1.165) is 10.6 Å². The highest BCUT2D eigenvalue weighted by molar-refractivity contribution is 7.88. The Morgan fingerprint density at radius 3 is 2.42 bits per heavy atom. The number of nitrogens with one attached hydrogen (secondary N) is 1. The third-order valence-electron chi connectivity index (χ3n) is 3.66. The summed E-state index contributed by atoms with van der Waals surface area (Å²) >= 11 is 0. The molecule has 136 valence electrons. The molecule has 0 radical (unpaired) electrons. The number of amides is 1. The van der Waals surface area contributed by atoms with Gasteiger partial charge in [-0.3, -0.25) is 4.79 Å². The van der Waals surface area contributed by atoms with E-state index >= 15 is 0 Å². The molecule has 0 fully saturated rings. The van der Waals surface area contributed by atoms with Crippen LogP contribution < -0.4 is 5.32 Å². The van der Waals surface area contributed by atoms with Crippen LogP contribution in [0.15, 0.2) is 48.5 Å². The van der Waals surface area contributed by atoms with Crippen LogP contribution >= 0.6 is 0 Å². The van der Waals surface area contributed by atoms with Gasteiger partial charge in [-0.25, -0.2) is 12.8 Å². The molecular weight excluding hydrogens is 357 g/mol. The molecule has 6 nitrogen and oxygen atoms in total. The van der Waals surface area contributed by atoms with Crippen LogP contribution in [0.2, 0.25) is 0 Å². The molecule has 0 aliphatic carbocycles. The molecule has 1 amide bonds. The van der Waals surface area contributed by atoms with E-state index in [1.807, 2.05) is 6.07 Å². The number of halogens is 1. The van der Waals surface area contributed by atoms with Gasteiger partial charge >= 0.3 is 0 Å². The topological polar surface area (TPSA) is 90.3 Å². The minimum atomic E-state index is -3.61. The van der Waals surface area contributed by atoms with Gasteiger partial charge in [-0.05, 0) is 30.3 Å². The smallest absolute Gasteiger partial charge is 0.225 e. The van der Waals surface area contributed by atoms with Gasteiger partial charge in [-0.1, -0.05) is 18.2 Å². The van der Waals surface area contributed by atoms with Crippen molar-refractivity contribution < 1.29 is 17.6 Å². The van der Waals surface area contributed by atoms with Gasteiger partial charge in [-0.15, -0.1) is 0 Å². The van der Waals surface area contributed by atoms with Crippen molar-refractivity contribution in [2.24, 2.45) is 0 Å². The average Bonchev–Trinajstić information content (AvgIpc) is 2.59. The highest BCUT2D eigenvalue weighted by Crippen LogP contribution is 2.14. The number of carbonyl (C=O) groups excluding carboxylic acids is 1. The second kappa shape index (κ2) is 8.56. The van der Waals surface area contributed by atoms with Crippen molar-refractivity contribution in [1.82, 2.24) is 4.31 Å². The maximum atomic E-state index is 13.8. The fraction of sp³-hybridized carbons (Fsp3) is 0.222. The number of nitriles is 1. The third-order valence-corrected chi connectivity index (χ3v) is 4.91. The molecule has 0 saturated carbocycles. The highest BCUT2D eigenvalue weighted by atomic mass is 32.2. The molecule has 0 aromatic heterocycles. The first-order valence-corrected chi connectivity index (χ1v) is 9.63. The number of carbonyl (C=O) groups is 1. The highest BCUT2D eigenvalue weighted by Gasteiger charge is 2.19. The van der Waals surface area contributed by atoms with Crippen LogP contribution in [0.1, 0.15) is 17.5 Å². The number of hydrogen-bond acceptors (Lipinski definition) is 4. The fourth-order valence-corrected chi connectivity index (χ4v) is 3.05. The van der Waals surface area contributed by atoms with Gasteiger partial charge in [0.25, 0.3) is 0 Å². The minimum absolute atomic E-state index is 0.0741. The van der Waals surface area contributed by atoms with Gasteiger partial charge in [0.05, 0.1) is 17.9 Å². The van der Waals surface area contributed by atoms with Crippen molar-refractivity contribution in [2.45, 2.75) is 13.0 Å².